The molecule has 0 aliphatic heterocycles. The van der Waals surface area contributed by atoms with Gasteiger partial charge in [-0.05, 0) is 20.3 Å². The molecule has 0 spiro atoms. The molecule has 0 radical (unpaired) electrons. The van der Waals surface area contributed by atoms with Crippen LogP contribution < -0.4 is 0 Å². The number of aldehydes is 1. The van der Waals surface area contributed by atoms with Crippen LogP contribution in [0.25, 0.3) is 0 Å². The van der Waals surface area contributed by atoms with Gasteiger partial charge in [0.1, 0.15) is 12.1 Å². The van der Waals surface area contributed by atoms with Crippen molar-refractivity contribution in [2.45, 2.75) is 65.7 Å². The molecule has 0 atom stereocenters. The summed E-state index contributed by atoms with van der Waals surface area (Å²) in [6.45, 7) is 5.58. The van der Waals surface area contributed by atoms with Gasteiger partial charge >= 0.3 is 0 Å². The second kappa shape index (κ2) is 7.61. The lowest BCUT2D eigenvalue weighted by atomic mass is 9.87. The minimum atomic E-state index is -0.774. The van der Waals surface area contributed by atoms with Crippen LogP contribution in [0.1, 0.15) is 65.7 Å². The van der Waals surface area contributed by atoms with Gasteiger partial charge in [-0.25, -0.2) is 0 Å². The molecule has 0 bridgehead atoms. The van der Waals surface area contributed by atoms with Crippen molar-refractivity contribution in [3.05, 3.63) is 0 Å². The molecular weight excluding hydrogens is 188 g/mol. The van der Waals surface area contributed by atoms with Crippen molar-refractivity contribution in [3.8, 4) is 0 Å². The van der Waals surface area contributed by atoms with Crippen LogP contribution in [0.5, 0.6) is 0 Å². The van der Waals surface area contributed by atoms with Crippen LogP contribution in [0.2, 0.25) is 0 Å². The largest absolute Gasteiger partial charge is 0.302 e. The van der Waals surface area contributed by atoms with E-state index < -0.39 is 5.41 Å². The van der Waals surface area contributed by atoms with E-state index in [9.17, 15) is 9.59 Å². The fraction of sp³-hybridized carbons (Fsp3) is 0.846. The van der Waals surface area contributed by atoms with Crippen molar-refractivity contribution in [2.75, 3.05) is 0 Å². The van der Waals surface area contributed by atoms with E-state index in [0.29, 0.717) is 6.42 Å². The summed E-state index contributed by atoms with van der Waals surface area (Å²) < 4.78 is 0. The third-order valence-electron chi connectivity index (χ3n) is 2.77. The van der Waals surface area contributed by atoms with Gasteiger partial charge in [-0.2, -0.15) is 0 Å². The third kappa shape index (κ3) is 6.43. The summed E-state index contributed by atoms with van der Waals surface area (Å²) in [5, 5.41) is 0. The molecule has 88 valence electrons. The number of hydrogen-bond acceptors (Lipinski definition) is 2. The predicted molar refractivity (Wildman–Crippen MR) is 62.8 cm³/mol. The van der Waals surface area contributed by atoms with Crippen molar-refractivity contribution >= 4 is 12.1 Å². The van der Waals surface area contributed by atoms with E-state index in [4.69, 9.17) is 0 Å². The second-order valence-corrected chi connectivity index (χ2v) is 4.78. The summed E-state index contributed by atoms with van der Waals surface area (Å²) in [5.74, 6) is 0.0768. The number of ketones is 1. The van der Waals surface area contributed by atoms with Gasteiger partial charge in [-0.3, -0.25) is 4.79 Å². The molecule has 0 heterocycles. The van der Waals surface area contributed by atoms with Gasteiger partial charge in [0, 0.05) is 6.42 Å². The summed E-state index contributed by atoms with van der Waals surface area (Å²) in [5.41, 5.74) is -0.774. The second-order valence-electron chi connectivity index (χ2n) is 4.78. The Morgan fingerprint density at radius 2 is 1.60 bits per heavy atom. The predicted octanol–water partition coefficient (Wildman–Crippen LogP) is 3.53. The van der Waals surface area contributed by atoms with Crippen LogP contribution in [0, 0.1) is 5.41 Å². The van der Waals surface area contributed by atoms with Gasteiger partial charge in [0.25, 0.3) is 0 Å². The quantitative estimate of drug-likeness (QED) is 0.333. The maximum Gasteiger partial charge on any atom is 0.145 e. The van der Waals surface area contributed by atoms with E-state index in [-0.39, 0.29) is 5.78 Å². The number of carbonyl (C=O) groups is 2. The molecule has 0 saturated heterocycles. The molecule has 0 saturated carbocycles. The summed E-state index contributed by atoms with van der Waals surface area (Å²) in [6.07, 6.45) is 8.36. The number of rotatable bonds is 9. The van der Waals surface area contributed by atoms with Gasteiger partial charge in [0.05, 0.1) is 5.41 Å². The Morgan fingerprint density at radius 1 is 1.07 bits per heavy atom. The van der Waals surface area contributed by atoms with Gasteiger partial charge in [0.15, 0.2) is 0 Å². The van der Waals surface area contributed by atoms with Gasteiger partial charge in [0.2, 0.25) is 0 Å². The van der Waals surface area contributed by atoms with E-state index in [1.807, 2.05) is 0 Å². The molecule has 0 aromatic rings. The highest BCUT2D eigenvalue weighted by atomic mass is 16.1. The molecule has 0 fully saturated rings. The minimum absolute atomic E-state index is 0.0768. The highest BCUT2D eigenvalue weighted by Crippen LogP contribution is 2.17. The zero-order valence-electron chi connectivity index (χ0n) is 10.3. The maximum absolute atomic E-state index is 11.6. The average molecular weight is 212 g/mol. The van der Waals surface area contributed by atoms with Crippen molar-refractivity contribution in [3.63, 3.8) is 0 Å². The number of Topliss-reactive ketones (excluding diaryl/α,β-unsaturated/α-hetero) is 1. The first kappa shape index (κ1) is 14.3. The number of unbranched alkanes of at least 4 members (excludes halogenated alkanes) is 5. The van der Waals surface area contributed by atoms with E-state index in [2.05, 4.69) is 6.92 Å². The molecule has 0 N–H and O–H groups in total. The van der Waals surface area contributed by atoms with E-state index in [0.717, 1.165) is 19.1 Å². The zero-order chi connectivity index (χ0) is 11.7. The Labute approximate surface area is 93.4 Å². The molecule has 0 amide bonds. The van der Waals surface area contributed by atoms with Crippen LogP contribution in [0.15, 0.2) is 0 Å². The van der Waals surface area contributed by atoms with Crippen LogP contribution in [0.4, 0.5) is 0 Å². The van der Waals surface area contributed by atoms with Crippen LogP contribution in [-0.4, -0.2) is 12.1 Å². The van der Waals surface area contributed by atoms with Crippen molar-refractivity contribution in [1.82, 2.24) is 0 Å². The molecule has 15 heavy (non-hydrogen) atoms. The maximum atomic E-state index is 11.6. The summed E-state index contributed by atoms with van der Waals surface area (Å²) in [6, 6.07) is 0. The summed E-state index contributed by atoms with van der Waals surface area (Å²) >= 11 is 0. The van der Waals surface area contributed by atoms with Crippen LogP contribution >= 0.6 is 0 Å². The highest BCUT2D eigenvalue weighted by Gasteiger charge is 2.25. The van der Waals surface area contributed by atoms with Crippen molar-refractivity contribution < 1.29 is 9.59 Å². The molecule has 2 heteroatoms. The molecule has 0 rings (SSSR count). The average Bonchev–Trinajstić information content (AvgIpc) is 2.22. The first-order chi connectivity index (χ1) is 7.04. The van der Waals surface area contributed by atoms with E-state index in [1.165, 1.54) is 25.7 Å². The summed E-state index contributed by atoms with van der Waals surface area (Å²) in [7, 11) is 0. The normalized spacial score (nSPS) is 11.4. The smallest absolute Gasteiger partial charge is 0.145 e. The lowest BCUT2D eigenvalue weighted by molar-refractivity contribution is -0.132. The molecule has 0 aromatic carbocycles. The van der Waals surface area contributed by atoms with Crippen molar-refractivity contribution in [1.29, 1.82) is 0 Å². The minimum Gasteiger partial charge on any atom is -0.302 e. The SMILES string of the molecule is CCCCCCCCC(=O)C(C)(C)C=O. The Balaban J connectivity index is 3.51. The molecule has 0 aliphatic carbocycles. The van der Waals surface area contributed by atoms with Crippen LogP contribution in [0.3, 0.4) is 0 Å². The van der Waals surface area contributed by atoms with Crippen LogP contribution in [-0.2, 0) is 9.59 Å². The number of carbonyl (C=O) groups excluding carboxylic acids is 2. The number of hydrogen-bond donors (Lipinski definition) is 0. The molecule has 0 aromatic heterocycles. The summed E-state index contributed by atoms with van der Waals surface area (Å²) in [4.78, 5) is 22.2. The Kier molecular flexibility index (Phi) is 7.27. The fourth-order valence-corrected chi connectivity index (χ4v) is 1.45. The third-order valence-corrected chi connectivity index (χ3v) is 2.77. The fourth-order valence-electron chi connectivity index (χ4n) is 1.45. The van der Waals surface area contributed by atoms with Crippen molar-refractivity contribution in [2.24, 2.45) is 5.41 Å². The standard InChI is InChI=1S/C13H24O2/c1-4-5-6-7-8-9-10-12(15)13(2,3)11-14/h11H,4-10H2,1-3H3. The first-order valence-corrected chi connectivity index (χ1v) is 6.04. The van der Waals surface area contributed by atoms with Gasteiger partial charge < -0.3 is 4.79 Å². The molecule has 0 aliphatic rings. The molecule has 0 unspecified atom stereocenters. The van der Waals surface area contributed by atoms with Gasteiger partial charge in [-0.1, -0.05) is 39.0 Å². The Bertz CT molecular complexity index is 195. The lowest BCUT2D eigenvalue weighted by Gasteiger charge is -2.14. The monoisotopic (exact) mass is 212 g/mol. The Hall–Kier alpha value is -0.660. The topological polar surface area (TPSA) is 34.1 Å². The van der Waals surface area contributed by atoms with Gasteiger partial charge in [-0.15, -0.1) is 0 Å². The zero-order valence-corrected chi connectivity index (χ0v) is 10.3. The Morgan fingerprint density at radius 3 is 2.13 bits per heavy atom. The van der Waals surface area contributed by atoms with E-state index >= 15 is 0 Å². The first-order valence-electron chi connectivity index (χ1n) is 6.04. The molecule has 2 nitrogen and oxygen atoms in total. The highest BCUT2D eigenvalue weighted by molar-refractivity contribution is 5.97. The van der Waals surface area contributed by atoms with E-state index in [1.54, 1.807) is 13.8 Å². The lowest BCUT2D eigenvalue weighted by Crippen LogP contribution is -2.25. The molecular formula is C13H24O2.